The van der Waals surface area contributed by atoms with Crippen molar-refractivity contribution >= 4 is 10.9 Å². The van der Waals surface area contributed by atoms with Gasteiger partial charge < -0.3 is 14.4 Å². The quantitative estimate of drug-likeness (QED) is 0.721. The summed E-state index contributed by atoms with van der Waals surface area (Å²) in [7, 11) is 3.51. The second-order valence-electron chi connectivity index (χ2n) is 2.98. The molecule has 3 nitrogen and oxygen atoms in total. The molecule has 3 heteroatoms. The summed E-state index contributed by atoms with van der Waals surface area (Å²) in [5, 5.41) is 10.4. The number of nitrogens with zero attached hydrogens (tertiary/aromatic N) is 1. The van der Waals surface area contributed by atoms with E-state index in [9.17, 15) is 5.11 Å². The molecule has 2 rings (SSSR count). The minimum atomic E-state index is 0.182. The highest BCUT2D eigenvalue weighted by Crippen LogP contribution is 2.34. The van der Waals surface area contributed by atoms with Crippen LogP contribution in [0.2, 0.25) is 0 Å². The average molecular weight is 177 g/mol. The van der Waals surface area contributed by atoms with Gasteiger partial charge in [-0.15, -0.1) is 0 Å². The van der Waals surface area contributed by atoms with Gasteiger partial charge in [-0.2, -0.15) is 0 Å². The number of methoxy groups -OCH3 is 1. The lowest BCUT2D eigenvalue weighted by atomic mass is 10.2. The number of aryl methyl sites for hydroxylation is 1. The molecule has 0 unspecified atom stereocenters. The summed E-state index contributed by atoms with van der Waals surface area (Å²) in [4.78, 5) is 0. The van der Waals surface area contributed by atoms with Gasteiger partial charge in [0.25, 0.3) is 0 Å². The van der Waals surface area contributed by atoms with Gasteiger partial charge >= 0.3 is 0 Å². The van der Waals surface area contributed by atoms with E-state index in [-0.39, 0.29) is 5.75 Å². The van der Waals surface area contributed by atoms with Gasteiger partial charge in [0.05, 0.1) is 12.6 Å². The number of aromatic nitrogens is 1. The van der Waals surface area contributed by atoms with Crippen LogP contribution in [0.1, 0.15) is 0 Å². The van der Waals surface area contributed by atoms with Crippen LogP contribution in [-0.2, 0) is 7.05 Å². The van der Waals surface area contributed by atoms with Crippen LogP contribution in [0.4, 0.5) is 0 Å². The molecule has 0 amide bonds. The zero-order chi connectivity index (χ0) is 9.42. The van der Waals surface area contributed by atoms with Gasteiger partial charge in [-0.25, -0.2) is 0 Å². The third kappa shape index (κ3) is 1.04. The molecule has 0 bridgehead atoms. The molecule has 0 atom stereocenters. The first kappa shape index (κ1) is 7.98. The van der Waals surface area contributed by atoms with Crippen LogP contribution in [0.3, 0.4) is 0 Å². The van der Waals surface area contributed by atoms with Crippen LogP contribution in [0.15, 0.2) is 24.4 Å². The summed E-state index contributed by atoms with van der Waals surface area (Å²) in [5.74, 6) is 0.722. The maximum Gasteiger partial charge on any atom is 0.169 e. The summed E-state index contributed by atoms with van der Waals surface area (Å²) in [6.07, 6.45) is 1.94. The molecule has 68 valence electrons. The van der Waals surface area contributed by atoms with Crippen LogP contribution in [0, 0.1) is 0 Å². The maximum atomic E-state index is 9.48. The maximum absolute atomic E-state index is 9.48. The van der Waals surface area contributed by atoms with Crippen molar-refractivity contribution in [3.05, 3.63) is 24.4 Å². The van der Waals surface area contributed by atoms with Crippen molar-refractivity contribution in [3.8, 4) is 11.5 Å². The Kier molecular flexibility index (Phi) is 1.65. The molecule has 0 saturated heterocycles. The zero-order valence-corrected chi connectivity index (χ0v) is 7.61. The van der Waals surface area contributed by atoms with E-state index in [1.54, 1.807) is 13.2 Å². The van der Waals surface area contributed by atoms with Crippen molar-refractivity contribution in [2.45, 2.75) is 0 Å². The molecule has 0 radical (unpaired) electrons. The van der Waals surface area contributed by atoms with Crippen molar-refractivity contribution in [1.82, 2.24) is 4.57 Å². The average Bonchev–Trinajstić information content (AvgIpc) is 2.48. The molecule has 0 aliphatic heterocycles. The summed E-state index contributed by atoms with van der Waals surface area (Å²) in [6.45, 7) is 0. The molecule has 1 heterocycles. The fraction of sp³-hybridized carbons (Fsp3) is 0.200. The van der Waals surface area contributed by atoms with Gasteiger partial charge in [0, 0.05) is 18.6 Å². The van der Waals surface area contributed by atoms with Crippen LogP contribution in [-0.4, -0.2) is 16.8 Å². The Balaban J connectivity index is 2.85. The zero-order valence-electron chi connectivity index (χ0n) is 7.61. The van der Waals surface area contributed by atoms with E-state index in [4.69, 9.17) is 4.74 Å². The van der Waals surface area contributed by atoms with Crippen molar-refractivity contribution in [1.29, 1.82) is 0 Å². The molecular weight excluding hydrogens is 166 g/mol. The third-order valence-corrected chi connectivity index (χ3v) is 2.20. The van der Waals surface area contributed by atoms with Crippen LogP contribution >= 0.6 is 0 Å². The van der Waals surface area contributed by atoms with Crippen molar-refractivity contribution < 1.29 is 9.84 Å². The minimum absolute atomic E-state index is 0.182. The molecule has 1 N–H and O–H groups in total. The number of phenolic OH excluding ortho intramolecular Hbond substituents is 1. The molecule has 0 saturated carbocycles. The number of hydrogen-bond donors (Lipinski definition) is 1. The number of rotatable bonds is 1. The summed E-state index contributed by atoms with van der Waals surface area (Å²) in [6, 6.07) is 5.43. The summed E-state index contributed by atoms with van der Waals surface area (Å²) < 4.78 is 7.09. The number of aromatic hydroxyl groups is 1. The van der Waals surface area contributed by atoms with E-state index in [1.807, 2.05) is 29.9 Å². The summed E-state index contributed by atoms with van der Waals surface area (Å²) in [5.41, 5.74) is 1.05. The minimum Gasteiger partial charge on any atom is -0.504 e. The topological polar surface area (TPSA) is 34.4 Å². The second kappa shape index (κ2) is 2.69. The summed E-state index contributed by atoms with van der Waals surface area (Å²) >= 11 is 0. The fourth-order valence-corrected chi connectivity index (χ4v) is 1.53. The highest BCUT2D eigenvalue weighted by Gasteiger charge is 2.08. The predicted octanol–water partition coefficient (Wildman–Crippen LogP) is 1.89. The van der Waals surface area contributed by atoms with Gasteiger partial charge in [0.1, 0.15) is 0 Å². The van der Waals surface area contributed by atoms with E-state index in [0.717, 1.165) is 10.9 Å². The van der Waals surface area contributed by atoms with E-state index < -0.39 is 0 Å². The number of fused-ring (bicyclic) bond motifs is 1. The number of benzene rings is 1. The number of ether oxygens (including phenoxy) is 1. The molecular formula is C10H11NO2. The SMILES string of the molecule is COc1c(O)ccc2c1ccn2C. The largest absolute Gasteiger partial charge is 0.504 e. The van der Waals surface area contributed by atoms with Crippen LogP contribution < -0.4 is 4.74 Å². The van der Waals surface area contributed by atoms with E-state index in [2.05, 4.69) is 0 Å². The number of hydrogen-bond acceptors (Lipinski definition) is 2. The molecule has 0 aliphatic carbocycles. The Morgan fingerprint density at radius 3 is 2.77 bits per heavy atom. The first-order valence-corrected chi connectivity index (χ1v) is 4.05. The van der Waals surface area contributed by atoms with Crippen LogP contribution in [0.5, 0.6) is 11.5 Å². The number of phenols is 1. The third-order valence-electron chi connectivity index (χ3n) is 2.20. The van der Waals surface area contributed by atoms with Crippen LogP contribution in [0.25, 0.3) is 10.9 Å². The molecule has 1 aromatic carbocycles. The molecule has 0 aliphatic rings. The van der Waals surface area contributed by atoms with E-state index in [1.165, 1.54) is 0 Å². The van der Waals surface area contributed by atoms with Gasteiger partial charge in [0.2, 0.25) is 0 Å². The van der Waals surface area contributed by atoms with Gasteiger partial charge in [0.15, 0.2) is 11.5 Å². The lowest BCUT2D eigenvalue weighted by Crippen LogP contribution is -1.87. The standard InChI is InChI=1S/C10H11NO2/c1-11-6-5-7-8(11)3-4-9(12)10(7)13-2/h3-6,12H,1-2H3. The van der Waals surface area contributed by atoms with Gasteiger partial charge in [-0.3, -0.25) is 0 Å². The second-order valence-corrected chi connectivity index (χ2v) is 2.98. The monoisotopic (exact) mass is 177 g/mol. The molecule has 0 fully saturated rings. The first-order chi connectivity index (χ1) is 6.24. The Bertz CT molecular complexity index is 445. The molecule has 1 aromatic heterocycles. The van der Waals surface area contributed by atoms with Crippen molar-refractivity contribution in [2.75, 3.05) is 7.11 Å². The predicted molar refractivity (Wildman–Crippen MR) is 51.1 cm³/mol. The smallest absolute Gasteiger partial charge is 0.169 e. The molecule has 2 aromatic rings. The highest BCUT2D eigenvalue weighted by molar-refractivity contribution is 5.88. The van der Waals surface area contributed by atoms with Gasteiger partial charge in [-0.05, 0) is 18.2 Å². The van der Waals surface area contributed by atoms with Gasteiger partial charge in [-0.1, -0.05) is 0 Å². The Labute approximate surface area is 76.2 Å². The lowest BCUT2D eigenvalue weighted by molar-refractivity contribution is 0.378. The lowest BCUT2D eigenvalue weighted by Gasteiger charge is -2.04. The highest BCUT2D eigenvalue weighted by atomic mass is 16.5. The van der Waals surface area contributed by atoms with Crippen molar-refractivity contribution in [3.63, 3.8) is 0 Å². The molecule has 0 spiro atoms. The van der Waals surface area contributed by atoms with E-state index in [0.29, 0.717) is 5.75 Å². The van der Waals surface area contributed by atoms with E-state index >= 15 is 0 Å². The first-order valence-electron chi connectivity index (χ1n) is 4.05. The Hall–Kier alpha value is -1.64. The van der Waals surface area contributed by atoms with Crippen molar-refractivity contribution in [2.24, 2.45) is 7.05 Å². The molecule has 13 heavy (non-hydrogen) atoms. The normalized spacial score (nSPS) is 10.6. The fourth-order valence-electron chi connectivity index (χ4n) is 1.53. The Morgan fingerprint density at radius 1 is 1.31 bits per heavy atom. The Morgan fingerprint density at radius 2 is 2.08 bits per heavy atom.